The zero-order chi connectivity index (χ0) is 17.7. The Kier molecular flexibility index (Phi) is 5.76. The first-order valence-electron chi connectivity index (χ1n) is 7.37. The molecular weight excluding hydrogens is 330 g/mol. The summed E-state index contributed by atoms with van der Waals surface area (Å²) in [5.41, 5.74) is 0.281. The molecule has 1 aromatic carbocycles. The topological polar surface area (TPSA) is 91.6 Å². The summed E-state index contributed by atoms with van der Waals surface area (Å²) in [5, 5.41) is 2.81. The molecule has 0 fully saturated rings. The predicted molar refractivity (Wildman–Crippen MR) is 90.2 cm³/mol. The molecule has 0 aliphatic heterocycles. The van der Waals surface area contributed by atoms with Crippen molar-refractivity contribution in [2.24, 2.45) is 0 Å². The van der Waals surface area contributed by atoms with Crippen LogP contribution in [0.15, 0.2) is 52.0 Å². The average Bonchev–Trinajstić information content (AvgIpc) is 3.09. The molecule has 0 aliphatic carbocycles. The Balaban J connectivity index is 2.11. The van der Waals surface area contributed by atoms with Gasteiger partial charge in [0.15, 0.2) is 0 Å². The molecule has 0 saturated heterocycles. The van der Waals surface area contributed by atoms with Crippen LogP contribution in [0.2, 0.25) is 0 Å². The maximum atomic E-state index is 12.3. The number of hydrogen-bond donors (Lipinski definition) is 2. The van der Waals surface area contributed by atoms with E-state index in [0.717, 1.165) is 5.76 Å². The summed E-state index contributed by atoms with van der Waals surface area (Å²) in [6, 6.07) is 9.41. The van der Waals surface area contributed by atoms with Gasteiger partial charge in [-0.3, -0.25) is 9.69 Å². The quantitative estimate of drug-likeness (QED) is 0.783. The molecular formula is C16H21N3O4S. The highest BCUT2D eigenvalue weighted by molar-refractivity contribution is 7.89. The molecule has 0 radical (unpaired) electrons. The maximum absolute atomic E-state index is 12.3. The van der Waals surface area contributed by atoms with E-state index in [1.807, 2.05) is 25.1 Å². The largest absolute Gasteiger partial charge is 0.468 e. The van der Waals surface area contributed by atoms with Crippen LogP contribution in [-0.4, -0.2) is 46.9 Å². The van der Waals surface area contributed by atoms with Crippen molar-refractivity contribution in [3.63, 3.8) is 0 Å². The number of benzene rings is 1. The van der Waals surface area contributed by atoms with Gasteiger partial charge in [-0.25, -0.2) is 13.1 Å². The van der Waals surface area contributed by atoms with Crippen molar-refractivity contribution in [3.05, 3.63) is 54.0 Å². The van der Waals surface area contributed by atoms with Crippen molar-refractivity contribution >= 4 is 15.9 Å². The summed E-state index contributed by atoms with van der Waals surface area (Å²) in [5.74, 6) is 0.397. The van der Waals surface area contributed by atoms with E-state index >= 15 is 0 Å². The molecule has 2 rings (SSSR count). The molecule has 0 spiro atoms. The molecule has 1 aromatic heterocycles. The molecule has 24 heavy (non-hydrogen) atoms. The molecule has 7 nitrogen and oxygen atoms in total. The Labute approximate surface area is 141 Å². The number of hydrogen-bond acceptors (Lipinski definition) is 5. The Hall–Kier alpha value is -2.16. The molecule has 0 bridgehead atoms. The lowest BCUT2D eigenvalue weighted by molar-refractivity contribution is 0.0939. The highest BCUT2D eigenvalue weighted by atomic mass is 32.2. The van der Waals surface area contributed by atoms with E-state index in [-0.39, 0.29) is 22.4 Å². The van der Waals surface area contributed by atoms with Crippen molar-refractivity contribution in [2.45, 2.75) is 10.9 Å². The number of nitrogens with one attached hydrogen (secondary N) is 2. The van der Waals surface area contributed by atoms with Crippen LogP contribution in [0.1, 0.15) is 22.2 Å². The predicted octanol–water partition coefficient (Wildman–Crippen LogP) is 1.22. The van der Waals surface area contributed by atoms with E-state index in [1.54, 1.807) is 18.4 Å². The lowest BCUT2D eigenvalue weighted by Crippen LogP contribution is -2.34. The lowest BCUT2D eigenvalue weighted by atomic mass is 10.2. The van der Waals surface area contributed by atoms with Gasteiger partial charge in [-0.1, -0.05) is 6.07 Å². The van der Waals surface area contributed by atoms with Crippen LogP contribution in [0.5, 0.6) is 0 Å². The normalized spacial score (nSPS) is 13.0. The van der Waals surface area contributed by atoms with Crippen molar-refractivity contribution in [1.29, 1.82) is 0 Å². The molecule has 8 heteroatoms. The van der Waals surface area contributed by atoms with Crippen LogP contribution in [0.3, 0.4) is 0 Å². The van der Waals surface area contributed by atoms with Crippen LogP contribution < -0.4 is 10.0 Å². The fraction of sp³-hybridized carbons (Fsp3) is 0.312. The van der Waals surface area contributed by atoms with Gasteiger partial charge in [0.2, 0.25) is 10.0 Å². The monoisotopic (exact) mass is 351 g/mol. The van der Waals surface area contributed by atoms with Gasteiger partial charge in [-0.2, -0.15) is 0 Å². The van der Waals surface area contributed by atoms with Crippen molar-refractivity contribution in [3.8, 4) is 0 Å². The van der Waals surface area contributed by atoms with E-state index in [0.29, 0.717) is 6.54 Å². The Bertz CT molecular complexity index is 785. The maximum Gasteiger partial charge on any atom is 0.251 e. The summed E-state index contributed by atoms with van der Waals surface area (Å²) in [6.07, 6.45) is 1.58. The van der Waals surface area contributed by atoms with Crippen LogP contribution in [0.25, 0.3) is 0 Å². The van der Waals surface area contributed by atoms with E-state index < -0.39 is 10.0 Å². The molecule has 1 atom stereocenters. The van der Waals surface area contributed by atoms with Crippen molar-refractivity contribution in [1.82, 2.24) is 14.9 Å². The van der Waals surface area contributed by atoms with E-state index in [4.69, 9.17) is 4.42 Å². The first-order valence-corrected chi connectivity index (χ1v) is 8.85. The van der Waals surface area contributed by atoms with Gasteiger partial charge < -0.3 is 9.73 Å². The van der Waals surface area contributed by atoms with Crippen molar-refractivity contribution in [2.75, 3.05) is 27.7 Å². The minimum atomic E-state index is -3.59. The average molecular weight is 351 g/mol. The van der Waals surface area contributed by atoms with Gasteiger partial charge in [0.05, 0.1) is 17.2 Å². The summed E-state index contributed by atoms with van der Waals surface area (Å²) >= 11 is 0. The van der Waals surface area contributed by atoms with Crippen LogP contribution in [0, 0.1) is 0 Å². The number of likely N-dealkylation sites (N-methyl/N-ethyl adjacent to an activating group) is 1. The Morgan fingerprint density at radius 3 is 2.58 bits per heavy atom. The fourth-order valence-corrected chi connectivity index (χ4v) is 3.01. The summed E-state index contributed by atoms with van der Waals surface area (Å²) in [7, 11) is 1.52. The third kappa shape index (κ3) is 4.22. The number of sulfonamides is 1. The van der Waals surface area contributed by atoms with Gasteiger partial charge >= 0.3 is 0 Å². The van der Waals surface area contributed by atoms with Gasteiger partial charge in [0.1, 0.15) is 5.76 Å². The third-order valence-corrected chi connectivity index (χ3v) is 5.04. The molecule has 1 amide bonds. The minimum absolute atomic E-state index is 0.0489. The smallest absolute Gasteiger partial charge is 0.251 e. The molecule has 0 saturated carbocycles. The Morgan fingerprint density at radius 2 is 2.00 bits per heavy atom. The van der Waals surface area contributed by atoms with Gasteiger partial charge in [-0.05, 0) is 51.5 Å². The zero-order valence-corrected chi connectivity index (χ0v) is 14.6. The van der Waals surface area contributed by atoms with Gasteiger partial charge in [-0.15, -0.1) is 0 Å². The molecule has 2 N–H and O–H groups in total. The SMILES string of the molecule is CNS(=O)(=O)c1cccc(C(=O)NC[C@@H](c2ccco2)N(C)C)c1. The highest BCUT2D eigenvalue weighted by Gasteiger charge is 2.19. The van der Waals surface area contributed by atoms with Crippen LogP contribution in [-0.2, 0) is 10.0 Å². The number of furan rings is 1. The fourth-order valence-electron chi connectivity index (χ4n) is 2.23. The Morgan fingerprint density at radius 1 is 1.25 bits per heavy atom. The number of amides is 1. The van der Waals surface area contributed by atoms with Crippen LogP contribution >= 0.6 is 0 Å². The minimum Gasteiger partial charge on any atom is -0.468 e. The van der Waals surface area contributed by atoms with Gasteiger partial charge in [0.25, 0.3) is 5.91 Å². The van der Waals surface area contributed by atoms with Gasteiger partial charge in [0, 0.05) is 12.1 Å². The molecule has 1 heterocycles. The summed E-state index contributed by atoms with van der Waals surface area (Å²) in [4.78, 5) is 14.3. The summed E-state index contributed by atoms with van der Waals surface area (Å²) in [6.45, 7) is 0.336. The molecule has 130 valence electrons. The molecule has 0 unspecified atom stereocenters. The number of carbonyl (C=O) groups is 1. The summed E-state index contributed by atoms with van der Waals surface area (Å²) < 4.78 is 31.3. The zero-order valence-electron chi connectivity index (χ0n) is 13.8. The molecule has 2 aromatic rings. The first-order chi connectivity index (χ1) is 11.3. The standard InChI is InChI=1S/C16H21N3O4S/c1-17-24(21,22)13-7-4-6-12(10-13)16(20)18-11-14(19(2)3)15-8-5-9-23-15/h4-10,14,17H,11H2,1-3H3,(H,18,20)/t14-/m0/s1. The lowest BCUT2D eigenvalue weighted by Gasteiger charge is -2.22. The van der Waals surface area contributed by atoms with E-state index in [9.17, 15) is 13.2 Å². The first kappa shape index (κ1) is 18.2. The molecule has 0 aliphatic rings. The number of carbonyl (C=O) groups excluding carboxylic acids is 1. The van der Waals surface area contributed by atoms with E-state index in [1.165, 1.54) is 25.2 Å². The third-order valence-electron chi connectivity index (χ3n) is 3.63. The van der Waals surface area contributed by atoms with E-state index in [2.05, 4.69) is 10.0 Å². The number of rotatable bonds is 7. The highest BCUT2D eigenvalue weighted by Crippen LogP contribution is 2.18. The second-order valence-electron chi connectivity index (χ2n) is 5.44. The van der Waals surface area contributed by atoms with Crippen LogP contribution in [0.4, 0.5) is 0 Å². The second kappa shape index (κ2) is 7.61. The number of nitrogens with zero attached hydrogens (tertiary/aromatic N) is 1. The second-order valence-corrected chi connectivity index (χ2v) is 7.33. The van der Waals surface area contributed by atoms with Crippen molar-refractivity contribution < 1.29 is 17.6 Å².